The van der Waals surface area contributed by atoms with E-state index in [0.29, 0.717) is 36.0 Å². The Morgan fingerprint density at radius 3 is 2.70 bits per heavy atom. The summed E-state index contributed by atoms with van der Waals surface area (Å²) in [6, 6.07) is 5.10. The van der Waals surface area contributed by atoms with Crippen molar-refractivity contribution in [3.63, 3.8) is 0 Å². The minimum absolute atomic E-state index is 0.328. The summed E-state index contributed by atoms with van der Waals surface area (Å²) in [5.41, 5.74) is 1.22. The molecule has 0 radical (unpaired) electrons. The second kappa shape index (κ2) is 8.15. The summed E-state index contributed by atoms with van der Waals surface area (Å²) in [5, 5.41) is 0. The molecule has 0 aliphatic carbocycles. The lowest BCUT2D eigenvalue weighted by Gasteiger charge is -2.11. The largest absolute Gasteiger partial charge is 0.493 e. The second-order valence-corrected chi connectivity index (χ2v) is 4.71. The smallest absolute Gasteiger partial charge is 0.330 e. The Hall–Kier alpha value is -2.10. The molecule has 0 atom stereocenters. The van der Waals surface area contributed by atoms with E-state index in [0.717, 1.165) is 6.29 Å². The molecule has 0 N–H and O–H groups in total. The van der Waals surface area contributed by atoms with Crippen molar-refractivity contribution in [3.8, 4) is 5.75 Å². The molecule has 4 heteroatoms. The van der Waals surface area contributed by atoms with Crippen molar-refractivity contribution in [1.82, 2.24) is 0 Å². The summed E-state index contributed by atoms with van der Waals surface area (Å²) in [6.07, 6.45) is 3.68. The molecule has 20 heavy (non-hydrogen) atoms. The van der Waals surface area contributed by atoms with Gasteiger partial charge in [0.1, 0.15) is 12.0 Å². The maximum atomic E-state index is 11.3. The van der Waals surface area contributed by atoms with Crippen LogP contribution in [0.4, 0.5) is 0 Å². The number of carbonyl (C=O) groups is 2. The predicted molar refractivity (Wildman–Crippen MR) is 77.8 cm³/mol. The minimum Gasteiger partial charge on any atom is -0.493 e. The Labute approximate surface area is 119 Å². The highest BCUT2D eigenvalue weighted by Gasteiger charge is 2.05. The number of aldehydes is 1. The Morgan fingerprint density at radius 2 is 2.10 bits per heavy atom. The van der Waals surface area contributed by atoms with Gasteiger partial charge in [-0.05, 0) is 37.1 Å². The first-order valence-corrected chi connectivity index (χ1v) is 6.63. The lowest BCUT2D eigenvalue weighted by molar-refractivity contribution is -0.137. The fourth-order valence-corrected chi connectivity index (χ4v) is 1.51. The van der Waals surface area contributed by atoms with Crippen molar-refractivity contribution in [1.29, 1.82) is 0 Å². The molecule has 1 aromatic rings. The molecule has 0 fully saturated rings. The molecule has 108 valence electrons. The van der Waals surface area contributed by atoms with Gasteiger partial charge in [0.2, 0.25) is 0 Å². The van der Waals surface area contributed by atoms with E-state index in [1.54, 1.807) is 31.2 Å². The highest BCUT2D eigenvalue weighted by Crippen LogP contribution is 2.22. The summed E-state index contributed by atoms with van der Waals surface area (Å²) >= 11 is 0. The third-order valence-corrected chi connectivity index (χ3v) is 2.43. The van der Waals surface area contributed by atoms with E-state index >= 15 is 0 Å². The highest BCUT2D eigenvalue weighted by molar-refractivity contribution is 5.88. The first-order valence-electron chi connectivity index (χ1n) is 6.63. The van der Waals surface area contributed by atoms with E-state index in [-0.39, 0.29) is 0 Å². The van der Waals surface area contributed by atoms with Gasteiger partial charge in [0, 0.05) is 17.2 Å². The van der Waals surface area contributed by atoms with Crippen molar-refractivity contribution in [3.05, 3.63) is 35.4 Å². The Balaban J connectivity index is 2.93. The van der Waals surface area contributed by atoms with E-state index < -0.39 is 5.97 Å². The molecule has 0 aliphatic rings. The van der Waals surface area contributed by atoms with E-state index in [9.17, 15) is 9.59 Å². The third kappa shape index (κ3) is 5.26. The van der Waals surface area contributed by atoms with Crippen LogP contribution < -0.4 is 4.74 Å². The van der Waals surface area contributed by atoms with Crippen LogP contribution in [0.3, 0.4) is 0 Å². The van der Waals surface area contributed by atoms with Crippen LogP contribution in [0.25, 0.3) is 6.08 Å². The maximum absolute atomic E-state index is 11.3. The molecule has 0 saturated carbocycles. The quantitative estimate of drug-likeness (QED) is 0.436. The summed E-state index contributed by atoms with van der Waals surface area (Å²) in [6.45, 7) is 6.74. The number of hydrogen-bond donors (Lipinski definition) is 0. The zero-order chi connectivity index (χ0) is 15.0. The topological polar surface area (TPSA) is 52.6 Å². The maximum Gasteiger partial charge on any atom is 0.330 e. The van der Waals surface area contributed by atoms with Gasteiger partial charge in [-0.2, -0.15) is 0 Å². The average Bonchev–Trinajstić information content (AvgIpc) is 2.43. The standard InChI is InChI=1S/C16H20O4/c1-4-19-16(18)8-6-14-9-13(10-17)5-7-15(14)20-11-12(2)3/h5-10,12H,4,11H2,1-3H3/b8-6+. The molecule has 4 nitrogen and oxygen atoms in total. The fourth-order valence-electron chi connectivity index (χ4n) is 1.51. The molecule has 0 bridgehead atoms. The van der Waals surface area contributed by atoms with Crippen molar-refractivity contribution in [2.75, 3.05) is 13.2 Å². The zero-order valence-corrected chi connectivity index (χ0v) is 12.1. The van der Waals surface area contributed by atoms with E-state index in [2.05, 4.69) is 0 Å². The average molecular weight is 276 g/mol. The second-order valence-electron chi connectivity index (χ2n) is 4.71. The molecular weight excluding hydrogens is 256 g/mol. The molecule has 0 unspecified atom stereocenters. The van der Waals surface area contributed by atoms with Crippen molar-refractivity contribution < 1.29 is 19.1 Å². The van der Waals surface area contributed by atoms with Crippen molar-refractivity contribution in [2.24, 2.45) is 5.92 Å². The van der Waals surface area contributed by atoms with Gasteiger partial charge < -0.3 is 9.47 Å². The molecule has 0 aliphatic heterocycles. The van der Waals surface area contributed by atoms with Gasteiger partial charge in [-0.3, -0.25) is 4.79 Å². The number of hydrogen-bond acceptors (Lipinski definition) is 4. The van der Waals surface area contributed by atoms with Gasteiger partial charge in [-0.1, -0.05) is 13.8 Å². The first-order chi connectivity index (χ1) is 9.56. The zero-order valence-electron chi connectivity index (χ0n) is 12.1. The Bertz CT molecular complexity index is 489. The monoisotopic (exact) mass is 276 g/mol. The van der Waals surface area contributed by atoms with Gasteiger partial charge in [0.15, 0.2) is 0 Å². The van der Waals surface area contributed by atoms with Gasteiger partial charge in [0.05, 0.1) is 13.2 Å². The van der Waals surface area contributed by atoms with Gasteiger partial charge in [-0.15, -0.1) is 0 Å². The SMILES string of the molecule is CCOC(=O)/C=C/c1cc(C=O)ccc1OCC(C)C. The van der Waals surface area contributed by atoms with Crippen LogP contribution in [0.2, 0.25) is 0 Å². The number of benzene rings is 1. The molecule has 1 rings (SSSR count). The number of esters is 1. The number of ether oxygens (including phenoxy) is 2. The van der Waals surface area contributed by atoms with Crippen LogP contribution >= 0.6 is 0 Å². The van der Waals surface area contributed by atoms with E-state index in [4.69, 9.17) is 9.47 Å². The molecular formula is C16H20O4. The summed E-state index contributed by atoms with van der Waals surface area (Å²) in [5.74, 6) is 0.617. The van der Waals surface area contributed by atoms with Crippen LogP contribution in [-0.4, -0.2) is 25.5 Å². The van der Waals surface area contributed by atoms with Crippen LogP contribution in [0.5, 0.6) is 5.75 Å². The minimum atomic E-state index is -0.418. The van der Waals surface area contributed by atoms with Crippen molar-refractivity contribution in [2.45, 2.75) is 20.8 Å². The highest BCUT2D eigenvalue weighted by atomic mass is 16.5. The van der Waals surface area contributed by atoms with Crippen LogP contribution in [0.15, 0.2) is 24.3 Å². The van der Waals surface area contributed by atoms with Gasteiger partial charge >= 0.3 is 5.97 Å². The van der Waals surface area contributed by atoms with E-state index in [1.807, 2.05) is 13.8 Å². The third-order valence-electron chi connectivity index (χ3n) is 2.43. The Morgan fingerprint density at radius 1 is 1.35 bits per heavy atom. The molecule has 0 spiro atoms. The van der Waals surface area contributed by atoms with Crippen LogP contribution in [-0.2, 0) is 9.53 Å². The number of rotatable bonds is 7. The number of carbonyl (C=O) groups excluding carboxylic acids is 2. The normalized spacial score (nSPS) is 10.8. The van der Waals surface area contributed by atoms with Crippen molar-refractivity contribution >= 4 is 18.3 Å². The molecule has 0 heterocycles. The summed E-state index contributed by atoms with van der Waals surface area (Å²) < 4.78 is 10.5. The molecule has 0 saturated heterocycles. The molecule has 1 aromatic carbocycles. The van der Waals surface area contributed by atoms with Gasteiger partial charge in [-0.25, -0.2) is 4.79 Å². The van der Waals surface area contributed by atoms with Crippen LogP contribution in [0.1, 0.15) is 36.7 Å². The lowest BCUT2D eigenvalue weighted by Crippen LogP contribution is -2.05. The predicted octanol–water partition coefficient (Wildman–Crippen LogP) is 3.11. The molecule has 0 aromatic heterocycles. The molecule has 0 amide bonds. The lowest BCUT2D eigenvalue weighted by atomic mass is 10.1. The summed E-state index contributed by atoms with van der Waals surface area (Å²) in [4.78, 5) is 22.1. The first kappa shape index (κ1) is 16.0. The van der Waals surface area contributed by atoms with Crippen LogP contribution in [0, 0.1) is 5.92 Å². The fraction of sp³-hybridized carbons (Fsp3) is 0.375. The van der Waals surface area contributed by atoms with Gasteiger partial charge in [0.25, 0.3) is 0 Å². The Kier molecular flexibility index (Phi) is 6.50. The van der Waals surface area contributed by atoms with E-state index in [1.165, 1.54) is 6.08 Å². The summed E-state index contributed by atoms with van der Waals surface area (Å²) in [7, 11) is 0.